The number of carbonyl (C=O) groups excluding carboxylic acids is 1. The van der Waals surface area contributed by atoms with E-state index in [4.69, 9.17) is 4.74 Å². The fourth-order valence-electron chi connectivity index (χ4n) is 2.15. The number of hydrogen-bond donors (Lipinski definition) is 0. The van der Waals surface area contributed by atoms with Crippen molar-refractivity contribution in [1.29, 1.82) is 0 Å². The highest BCUT2D eigenvalue weighted by atomic mass is 79.9. The minimum atomic E-state index is -0.281. The summed E-state index contributed by atoms with van der Waals surface area (Å²) in [6, 6.07) is 9.52. The Morgan fingerprint density at radius 3 is 2.43 bits per heavy atom. The summed E-state index contributed by atoms with van der Waals surface area (Å²) in [5.41, 5.74) is 3.72. The number of aromatic nitrogens is 2. The summed E-state index contributed by atoms with van der Waals surface area (Å²) < 4.78 is 6.29. The van der Waals surface area contributed by atoms with Crippen molar-refractivity contribution in [3.05, 3.63) is 40.4 Å². The summed E-state index contributed by atoms with van der Waals surface area (Å²) in [7, 11) is 0. The predicted octanol–water partition coefficient (Wildman–Crippen LogP) is 4.17. The van der Waals surface area contributed by atoms with E-state index >= 15 is 0 Å². The van der Waals surface area contributed by atoms with Gasteiger partial charge in [-0.1, -0.05) is 19.1 Å². The van der Waals surface area contributed by atoms with Crippen LogP contribution < -0.4 is 4.74 Å². The number of carbonyl (C=O) groups is 1. The normalized spacial score (nSPS) is 11.0. The molecular formula is C16H13BrN2O2. The number of rotatable bonds is 2. The topological polar surface area (TPSA) is 52.1 Å². The minimum absolute atomic E-state index is 0.281. The highest BCUT2D eigenvalue weighted by Gasteiger charge is 2.16. The third kappa shape index (κ3) is 2.49. The van der Waals surface area contributed by atoms with E-state index < -0.39 is 0 Å². The van der Waals surface area contributed by atoms with Crippen LogP contribution in [0.1, 0.15) is 18.9 Å². The highest BCUT2D eigenvalue weighted by molar-refractivity contribution is 9.10. The number of para-hydroxylation sites is 2. The van der Waals surface area contributed by atoms with Crippen LogP contribution in [0.3, 0.4) is 0 Å². The van der Waals surface area contributed by atoms with E-state index in [1.54, 1.807) is 6.92 Å². The van der Waals surface area contributed by atoms with E-state index in [-0.39, 0.29) is 5.97 Å². The van der Waals surface area contributed by atoms with Crippen LogP contribution in [0.5, 0.6) is 5.75 Å². The molecule has 0 unspecified atom stereocenters. The molecule has 1 heterocycles. The second kappa shape index (κ2) is 5.41. The quantitative estimate of drug-likeness (QED) is 0.397. The van der Waals surface area contributed by atoms with Gasteiger partial charge in [0.25, 0.3) is 0 Å². The van der Waals surface area contributed by atoms with Crippen LogP contribution >= 0.6 is 15.9 Å². The van der Waals surface area contributed by atoms with Crippen molar-refractivity contribution >= 4 is 44.0 Å². The largest absolute Gasteiger partial charge is 0.424 e. The lowest BCUT2D eigenvalue weighted by Gasteiger charge is -2.11. The Labute approximate surface area is 130 Å². The SMILES string of the molecule is CCC(=O)Oc1c(C)cc(Br)c2nc3ccccc3nc12. The van der Waals surface area contributed by atoms with Crippen molar-refractivity contribution in [3.8, 4) is 5.75 Å². The summed E-state index contributed by atoms with van der Waals surface area (Å²) >= 11 is 3.51. The van der Waals surface area contributed by atoms with Crippen LogP contribution in [-0.4, -0.2) is 15.9 Å². The molecular weight excluding hydrogens is 332 g/mol. The Hall–Kier alpha value is -2.01. The summed E-state index contributed by atoms with van der Waals surface area (Å²) in [5, 5.41) is 0. The summed E-state index contributed by atoms with van der Waals surface area (Å²) in [5.74, 6) is 0.204. The molecule has 5 heteroatoms. The molecule has 0 aliphatic carbocycles. The maximum Gasteiger partial charge on any atom is 0.310 e. The maximum absolute atomic E-state index is 11.6. The van der Waals surface area contributed by atoms with Gasteiger partial charge < -0.3 is 4.74 Å². The molecule has 4 nitrogen and oxygen atoms in total. The van der Waals surface area contributed by atoms with Crippen molar-refractivity contribution in [2.75, 3.05) is 0 Å². The van der Waals surface area contributed by atoms with E-state index in [1.807, 2.05) is 37.3 Å². The third-order valence-corrected chi connectivity index (χ3v) is 3.82. The molecule has 0 amide bonds. The molecule has 21 heavy (non-hydrogen) atoms. The highest BCUT2D eigenvalue weighted by Crippen LogP contribution is 2.34. The molecule has 0 spiro atoms. The lowest BCUT2D eigenvalue weighted by atomic mass is 10.1. The van der Waals surface area contributed by atoms with Crippen LogP contribution in [0.2, 0.25) is 0 Å². The van der Waals surface area contributed by atoms with E-state index in [0.717, 1.165) is 21.1 Å². The van der Waals surface area contributed by atoms with E-state index in [9.17, 15) is 4.79 Å². The first-order valence-electron chi connectivity index (χ1n) is 6.66. The number of ether oxygens (including phenoxy) is 1. The van der Waals surface area contributed by atoms with Crippen LogP contribution in [0.4, 0.5) is 0 Å². The van der Waals surface area contributed by atoms with Gasteiger partial charge in [0.05, 0.1) is 11.0 Å². The number of hydrogen-bond acceptors (Lipinski definition) is 4. The Kier molecular flexibility index (Phi) is 3.59. The molecule has 106 valence electrons. The molecule has 0 bridgehead atoms. The number of esters is 1. The third-order valence-electron chi connectivity index (χ3n) is 3.22. The summed E-state index contributed by atoms with van der Waals surface area (Å²) in [6.45, 7) is 3.65. The standard InChI is InChI=1S/C16H13BrN2O2/c1-3-13(20)21-16-9(2)8-10(17)14-15(16)19-12-7-5-4-6-11(12)18-14/h4-8H,3H2,1-2H3. The Morgan fingerprint density at radius 2 is 1.81 bits per heavy atom. The van der Waals surface area contributed by atoms with Gasteiger partial charge in [-0.2, -0.15) is 0 Å². The average molecular weight is 345 g/mol. The van der Waals surface area contributed by atoms with E-state index in [2.05, 4.69) is 25.9 Å². The first-order chi connectivity index (χ1) is 10.1. The Morgan fingerprint density at radius 1 is 1.19 bits per heavy atom. The van der Waals surface area contributed by atoms with Gasteiger partial charge in [0.1, 0.15) is 11.0 Å². The molecule has 0 saturated heterocycles. The van der Waals surface area contributed by atoms with E-state index in [0.29, 0.717) is 23.2 Å². The number of halogens is 1. The molecule has 0 radical (unpaired) electrons. The van der Waals surface area contributed by atoms with Crippen LogP contribution in [0, 0.1) is 6.92 Å². The molecule has 3 aromatic rings. The molecule has 1 aromatic heterocycles. The molecule has 3 rings (SSSR count). The Balaban J connectivity index is 2.35. The van der Waals surface area contributed by atoms with Crippen molar-refractivity contribution < 1.29 is 9.53 Å². The van der Waals surface area contributed by atoms with Crippen LogP contribution in [-0.2, 0) is 4.79 Å². The number of nitrogens with zero attached hydrogens (tertiary/aromatic N) is 2. The summed E-state index contributed by atoms with van der Waals surface area (Å²) in [6.07, 6.45) is 0.317. The maximum atomic E-state index is 11.6. The molecule has 0 aliphatic rings. The van der Waals surface area contributed by atoms with Gasteiger partial charge in [0.2, 0.25) is 0 Å². The number of fused-ring (bicyclic) bond motifs is 2. The van der Waals surface area contributed by atoms with Gasteiger partial charge in [0, 0.05) is 10.9 Å². The first kappa shape index (κ1) is 13.9. The second-order valence-electron chi connectivity index (χ2n) is 4.74. The average Bonchev–Trinajstić information content (AvgIpc) is 2.49. The lowest BCUT2D eigenvalue weighted by Crippen LogP contribution is -2.08. The van der Waals surface area contributed by atoms with Crippen molar-refractivity contribution in [2.45, 2.75) is 20.3 Å². The minimum Gasteiger partial charge on any atom is -0.424 e. The van der Waals surface area contributed by atoms with Gasteiger partial charge in [-0.15, -0.1) is 0 Å². The van der Waals surface area contributed by atoms with Crippen molar-refractivity contribution in [3.63, 3.8) is 0 Å². The molecule has 0 saturated carbocycles. The summed E-state index contributed by atoms with van der Waals surface area (Å²) in [4.78, 5) is 20.9. The zero-order valence-corrected chi connectivity index (χ0v) is 13.3. The molecule has 2 aromatic carbocycles. The van der Waals surface area contributed by atoms with Crippen LogP contribution in [0.25, 0.3) is 22.1 Å². The zero-order chi connectivity index (χ0) is 15.0. The van der Waals surface area contributed by atoms with Gasteiger partial charge in [0.15, 0.2) is 5.75 Å². The second-order valence-corrected chi connectivity index (χ2v) is 5.60. The van der Waals surface area contributed by atoms with Gasteiger partial charge in [-0.25, -0.2) is 9.97 Å². The van der Waals surface area contributed by atoms with E-state index in [1.165, 1.54) is 0 Å². The van der Waals surface area contributed by atoms with Gasteiger partial charge in [-0.3, -0.25) is 4.79 Å². The molecule has 0 atom stereocenters. The smallest absolute Gasteiger partial charge is 0.310 e. The van der Waals surface area contributed by atoms with Gasteiger partial charge in [-0.05, 0) is 46.6 Å². The number of benzene rings is 2. The van der Waals surface area contributed by atoms with Gasteiger partial charge >= 0.3 is 5.97 Å². The Bertz CT molecular complexity index is 862. The number of aryl methyl sites for hydroxylation is 1. The first-order valence-corrected chi connectivity index (χ1v) is 7.45. The molecule has 0 aliphatic heterocycles. The fraction of sp³-hybridized carbons (Fsp3) is 0.188. The fourth-order valence-corrected chi connectivity index (χ4v) is 2.77. The molecule has 0 N–H and O–H groups in total. The zero-order valence-electron chi connectivity index (χ0n) is 11.7. The predicted molar refractivity (Wildman–Crippen MR) is 85.4 cm³/mol. The monoisotopic (exact) mass is 344 g/mol. The van der Waals surface area contributed by atoms with Crippen LogP contribution in [0.15, 0.2) is 34.8 Å². The van der Waals surface area contributed by atoms with Crippen molar-refractivity contribution in [1.82, 2.24) is 9.97 Å². The van der Waals surface area contributed by atoms with Crippen molar-refractivity contribution in [2.24, 2.45) is 0 Å². The molecule has 0 fully saturated rings. The lowest BCUT2D eigenvalue weighted by molar-refractivity contribution is -0.133.